The molecule has 0 unspecified atom stereocenters. The molecule has 15 heavy (non-hydrogen) atoms. The van der Waals surface area contributed by atoms with Crippen molar-refractivity contribution in [1.82, 2.24) is 5.32 Å². The van der Waals surface area contributed by atoms with E-state index in [4.69, 9.17) is 0 Å². The Kier molecular flexibility index (Phi) is 3.80. The minimum Gasteiger partial charge on any atom is -0.355 e. The molecule has 1 amide bonds. The molecule has 0 heterocycles. The van der Waals surface area contributed by atoms with E-state index in [-0.39, 0.29) is 11.7 Å². The van der Waals surface area contributed by atoms with Crippen molar-refractivity contribution >= 4 is 17.8 Å². The molecule has 1 N–H and O–H groups in total. The lowest BCUT2D eigenvalue weighted by atomic mass is 10.1. The van der Waals surface area contributed by atoms with Crippen LogP contribution in [-0.2, 0) is 4.79 Å². The van der Waals surface area contributed by atoms with Crippen molar-refractivity contribution < 1.29 is 9.59 Å². The van der Waals surface area contributed by atoms with Gasteiger partial charge in [0.05, 0.1) is 0 Å². The molecule has 0 bridgehead atoms. The summed E-state index contributed by atoms with van der Waals surface area (Å²) in [5.41, 5.74) is 1.43. The van der Waals surface area contributed by atoms with Crippen LogP contribution < -0.4 is 5.32 Å². The van der Waals surface area contributed by atoms with Crippen LogP contribution in [-0.4, -0.2) is 18.7 Å². The molecule has 1 aromatic rings. The number of rotatable bonds is 3. The number of benzene rings is 1. The lowest BCUT2D eigenvalue weighted by molar-refractivity contribution is -0.112. The maximum absolute atomic E-state index is 11.3. The van der Waals surface area contributed by atoms with Gasteiger partial charge >= 0.3 is 0 Å². The molecule has 78 valence electrons. The Labute approximate surface area is 88.8 Å². The Bertz CT molecular complexity index is 408. The van der Waals surface area contributed by atoms with Crippen LogP contribution in [0.1, 0.15) is 22.8 Å². The largest absolute Gasteiger partial charge is 0.355 e. The summed E-state index contributed by atoms with van der Waals surface area (Å²) in [4.78, 5) is 22.0. The zero-order chi connectivity index (χ0) is 11.3. The van der Waals surface area contributed by atoms with Crippen molar-refractivity contribution in [2.75, 3.05) is 7.05 Å². The maximum Gasteiger partial charge on any atom is 0.251 e. The predicted octanol–water partition coefficient (Wildman–Crippen LogP) is 1.65. The normalized spacial score (nSPS) is 10.3. The van der Waals surface area contributed by atoms with Crippen LogP contribution in [0.2, 0.25) is 0 Å². The van der Waals surface area contributed by atoms with Crippen molar-refractivity contribution in [1.29, 1.82) is 0 Å². The molecule has 0 saturated heterocycles. The van der Waals surface area contributed by atoms with E-state index < -0.39 is 0 Å². The van der Waals surface area contributed by atoms with E-state index in [0.717, 1.165) is 5.56 Å². The number of hydrogen-bond acceptors (Lipinski definition) is 2. The Hall–Kier alpha value is -1.90. The third kappa shape index (κ3) is 3.38. The predicted molar refractivity (Wildman–Crippen MR) is 59.5 cm³/mol. The van der Waals surface area contributed by atoms with Gasteiger partial charge in [-0.3, -0.25) is 9.59 Å². The van der Waals surface area contributed by atoms with Gasteiger partial charge in [-0.2, -0.15) is 0 Å². The molecule has 1 aromatic carbocycles. The van der Waals surface area contributed by atoms with Crippen molar-refractivity contribution in [3.05, 3.63) is 41.5 Å². The van der Waals surface area contributed by atoms with Crippen LogP contribution in [0, 0.1) is 0 Å². The smallest absolute Gasteiger partial charge is 0.251 e. The molecule has 3 heteroatoms. The molecular formula is C12H13NO2. The van der Waals surface area contributed by atoms with Crippen molar-refractivity contribution in [2.24, 2.45) is 0 Å². The standard InChI is InChI=1S/C12H13NO2/c1-9(14)6-7-10-4-3-5-11(8-10)12(15)13-2/h3-8H,1-2H3,(H,13,15)/b7-6+. The fraction of sp³-hybridized carbons (Fsp3) is 0.167. The van der Waals surface area contributed by atoms with Gasteiger partial charge < -0.3 is 5.32 Å². The van der Waals surface area contributed by atoms with E-state index >= 15 is 0 Å². The summed E-state index contributed by atoms with van der Waals surface area (Å²) < 4.78 is 0. The Morgan fingerprint density at radius 3 is 2.67 bits per heavy atom. The molecule has 0 aliphatic carbocycles. The number of amides is 1. The molecule has 0 aliphatic rings. The first-order chi connectivity index (χ1) is 7.13. The SMILES string of the molecule is CNC(=O)c1cccc(/C=C/C(C)=O)c1. The molecule has 0 radical (unpaired) electrons. The zero-order valence-electron chi connectivity index (χ0n) is 8.78. The number of allylic oxidation sites excluding steroid dienone is 1. The number of nitrogens with one attached hydrogen (secondary N) is 1. The number of ketones is 1. The Morgan fingerprint density at radius 2 is 2.07 bits per heavy atom. The fourth-order valence-corrected chi connectivity index (χ4v) is 1.14. The van der Waals surface area contributed by atoms with Crippen molar-refractivity contribution in [3.63, 3.8) is 0 Å². The van der Waals surface area contributed by atoms with Gasteiger partial charge in [0, 0.05) is 12.6 Å². The first kappa shape index (κ1) is 11.2. The third-order valence-electron chi connectivity index (χ3n) is 1.89. The van der Waals surface area contributed by atoms with Crippen LogP contribution in [0.15, 0.2) is 30.3 Å². The molecule has 0 saturated carbocycles. The average molecular weight is 203 g/mol. The summed E-state index contributed by atoms with van der Waals surface area (Å²) in [5, 5.41) is 2.54. The first-order valence-electron chi connectivity index (χ1n) is 4.64. The minimum absolute atomic E-state index is 0.0136. The highest BCUT2D eigenvalue weighted by atomic mass is 16.1. The van der Waals surface area contributed by atoms with Crippen LogP contribution in [0.4, 0.5) is 0 Å². The zero-order valence-corrected chi connectivity index (χ0v) is 8.78. The van der Waals surface area contributed by atoms with Crippen molar-refractivity contribution in [3.8, 4) is 0 Å². The summed E-state index contributed by atoms with van der Waals surface area (Å²) in [7, 11) is 1.58. The van der Waals surface area contributed by atoms with Crippen LogP contribution in [0.25, 0.3) is 6.08 Å². The molecule has 3 nitrogen and oxygen atoms in total. The number of carbonyl (C=O) groups is 2. The summed E-state index contributed by atoms with van der Waals surface area (Å²) >= 11 is 0. The summed E-state index contributed by atoms with van der Waals surface area (Å²) in [6, 6.07) is 7.08. The monoisotopic (exact) mass is 203 g/mol. The molecule has 0 atom stereocenters. The first-order valence-corrected chi connectivity index (χ1v) is 4.64. The second kappa shape index (κ2) is 5.10. The lowest BCUT2D eigenvalue weighted by Gasteiger charge is -2.00. The summed E-state index contributed by atoms with van der Waals surface area (Å²) in [6.07, 6.45) is 3.16. The van der Waals surface area contributed by atoms with Gasteiger partial charge in [0.1, 0.15) is 0 Å². The van der Waals surface area contributed by atoms with Crippen molar-refractivity contribution in [2.45, 2.75) is 6.92 Å². The van der Waals surface area contributed by atoms with Gasteiger partial charge in [0.2, 0.25) is 0 Å². The van der Waals surface area contributed by atoms with E-state index in [1.807, 2.05) is 6.07 Å². The van der Waals surface area contributed by atoms with E-state index in [1.54, 1.807) is 31.3 Å². The molecule has 0 aliphatic heterocycles. The molecular weight excluding hydrogens is 190 g/mol. The van der Waals surface area contributed by atoms with E-state index in [0.29, 0.717) is 5.56 Å². The van der Waals surface area contributed by atoms with E-state index in [1.165, 1.54) is 13.0 Å². The number of carbonyl (C=O) groups excluding carboxylic acids is 2. The number of hydrogen-bond donors (Lipinski definition) is 1. The van der Waals surface area contributed by atoms with E-state index in [2.05, 4.69) is 5.32 Å². The van der Waals surface area contributed by atoms with Gasteiger partial charge in [0.25, 0.3) is 5.91 Å². The maximum atomic E-state index is 11.3. The minimum atomic E-state index is -0.131. The second-order valence-corrected chi connectivity index (χ2v) is 3.15. The van der Waals surface area contributed by atoms with Gasteiger partial charge in [-0.1, -0.05) is 18.2 Å². The molecule has 0 spiro atoms. The Balaban J connectivity index is 2.92. The fourth-order valence-electron chi connectivity index (χ4n) is 1.14. The van der Waals surface area contributed by atoms with Gasteiger partial charge in [-0.15, -0.1) is 0 Å². The highest BCUT2D eigenvalue weighted by molar-refractivity contribution is 5.95. The highest BCUT2D eigenvalue weighted by Gasteiger charge is 2.01. The average Bonchev–Trinajstić information content (AvgIpc) is 2.25. The molecule has 1 rings (SSSR count). The third-order valence-corrected chi connectivity index (χ3v) is 1.89. The quantitative estimate of drug-likeness (QED) is 0.759. The molecule has 0 aromatic heterocycles. The van der Waals surface area contributed by atoms with Crippen LogP contribution in [0.5, 0.6) is 0 Å². The van der Waals surface area contributed by atoms with Crippen LogP contribution >= 0.6 is 0 Å². The van der Waals surface area contributed by atoms with Gasteiger partial charge in [-0.05, 0) is 30.7 Å². The van der Waals surface area contributed by atoms with Gasteiger partial charge in [0.15, 0.2) is 5.78 Å². The van der Waals surface area contributed by atoms with Crippen LogP contribution in [0.3, 0.4) is 0 Å². The topological polar surface area (TPSA) is 46.2 Å². The second-order valence-electron chi connectivity index (χ2n) is 3.15. The lowest BCUT2D eigenvalue weighted by Crippen LogP contribution is -2.17. The highest BCUT2D eigenvalue weighted by Crippen LogP contribution is 2.07. The molecule has 0 fully saturated rings. The summed E-state index contributed by atoms with van der Waals surface area (Å²) in [6.45, 7) is 1.49. The Morgan fingerprint density at radius 1 is 1.33 bits per heavy atom. The summed E-state index contributed by atoms with van der Waals surface area (Å²) in [5.74, 6) is -0.145. The van der Waals surface area contributed by atoms with Gasteiger partial charge in [-0.25, -0.2) is 0 Å². The van der Waals surface area contributed by atoms with E-state index in [9.17, 15) is 9.59 Å².